The van der Waals surface area contributed by atoms with Gasteiger partial charge in [0.05, 0.1) is 17.1 Å². The Labute approximate surface area is 194 Å². The van der Waals surface area contributed by atoms with E-state index in [1.165, 1.54) is 18.2 Å². The van der Waals surface area contributed by atoms with E-state index in [-0.39, 0.29) is 41.0 Å². The molecule has 1 aromatic heterocycles. The summed E-state index contributed by atoms with van der Waals surface area (Å²) in [7, 11) is 0. The van der Waals surface area contributed by atoms with Gasteiger partial charge in [-0.1, -0.05) is 0 Å². The number of amides is 3. The second-order valence-electron chi connectivity index (χ2n) is 9.13. The van der Waals surface area contributed by atoms with Gasteiger partial charge in [-0.3, -0.25) is 4.79 Å². The molecule has 0 radical (unpaired) electrons. The molecule has 178 valence electrons. The number of H-pyrrole nitrogens is 1. The Morgan fingerprint density at radius 1 is 1.00 bits per heavy atom. The molecular weight excluding hydrogens is 445 g/mol. The molecular formula is C25H25F3N4O2. The highest BCUT2D eigenvalue weighted by molar-refractivity contribution is 5.92. The van der Waals surface area contributed by atoms with E-state index in [1.54, 1.807) is 12.1 Å². The van der Waals surface area contributed by atoms with Crippen LogP contribution in [0, 0.1) is 29.3 Å². The molecule has 1 unspecified atom stereocenters. The minimum Gasteiger partial charge on any atom is -0.356 e. The number of aromatic nitrogens is 1. The van der Waals surface area contributed by atoms with Crippen LogP contribution < -0.4 is 16.0 Å². The summed E-state index contributed by atoms with van der Waals surface area (Å²) in [6, 6.07) is 7.76. The molecule has 3 amide bonds. The minimum atomic E-state index is -0.672. The van der Waals surface area contributed by atoms with Gasteiger partial charge in [0, 0.05) is 31.1 Å². The molecule has 1 saturated carbocycles. The Kier molecular flexibility index (Phi) is 5.93. The van der Waals surface area contributed by atoms with Crippen LogP contribution >= 0.6 is 0 Å². The first kappa shape index (κ1) is 22.3. The van der Waals surface area contributed by atoms with Gasteiger partial charge < -0.3 is 20.9 Å². The number of hydrogen-bond acceptors (Lipinski definition) is 2. The van der Waals surface area contributed by atoms with Crippen molar-refractivity contribution in [2.45, 2.75) is 25.2 Å². The van der Waals surface area contributed by atoms with Crippen LogP contribution in [-0.2, 0) is 4.79 Å². The van der Waals surface area contributed by atoms with Crippen LogP contribution in [0.15, 0.2) is 36.4 Å². The average Bonchev–Trinajstić information content (AvgIpc) is 3.35. The second kappa shape index (κ2) is 9.04. The van der Waals surface area contributed by atoms with Crippen LogP contribution in [-0.4, -0.2) is 36.6 Å². The first-order valence-electron chi connectivity index (χ1n) is 11.4. The van der Waals surface area contributed by atoms with Crippen molar-refractivity contribution in [3.8, 4) is 11.3 Å². The Hall–Kier alpha value is -3.49. The number of urea groups is 1. The van der Waals surface area contributed by atoms with E-state index in [0.717, 1.165) is 24.5 Å². The van der Waals surface area contributed by atoms with Crippen LogP contribution in [0.1, 0.15) is 30.7 Å². The summed E-state index contributed by atoms with van der Waals surface area (Å²) in [6.45, 7) is 1.41. The first-order valence-corrected chi connectivity index (χ1v) is 11.4. The van der Waals surface area contributed by atoms with Crippen molar-refractivity contribution in [2.24, 2.45) is 11.8 Å². The number of nitrogens with one attached hydrogen (secondary N) is 4. The summed E-state index contributed by atoms with van der Waals surface area (Å²) in [4.78, 5) is 26.8. The van der Waals surface area contributed by atoms with E-state index in [4.69, 9.17) is 0 Å². The SMILES string of the molecule is O=C(NCC1CC(c2c(-c3ccc(F)cc3)[nH]c3c(F)cc(F)cc23)C1)NCC1CCNC1=O. The van der Waals surface area contributed by atoms with Gasteiger partial charge in [0.15, 0.2) is 0 Å². The second-order valence-corrected chi connectivity index (χ2v) is 9.13. The third-order valence-electron chi connectivity index (χ3n) is 6.86. The average molecular weight is 470 g/mol. The van der Waals surface area contributed by atoms with Gasteiger partial charge in [0.25, 0.3) is 0 Å². The van der Waals surface area contributed by atoms with Crippen LogP contribution in [0.2, 0.25) is 0 Å². The van der Waals surface area contributed by atoms with Gasteiger partial charge >= 0.3 is 6.03 Å². The molecule has 0 bridgehead atoms. The maximum absolute atomic E-state index is 14.5. The Balaban J connectivity index is 1.27. The Morgan fingerprint density at radius 2 is 1.74 bits per heavy atom. The van der Waals surface area contributed by atoms with Crippen molar-refractivity contribution < 1.29 is 22.8 Å². The van der Waals surface area contributed by atoms with E-state index in [1.807, 2.05) is 0 Å². The van der Waals surface area contributed by atoms with Gasteiger partial charge in [-0.05, 0) is 72.6 Å². The fourth-order valence-electron chi connectivity index (χ4n) is 5.00. The Bertz CT molecular complexity index is 1240. The van der Waals surface area contributed by atoms with Crippen molar-refractivity contribution in [3.05, 3.63) is 59.4 Å². The molecule has 2 aliphatic rings. The van der Waals surface area contributed by atoms with Gasteiger partial charge in [-0.2, -0.15) is 0 Å². The molecule has 5 rings (SSSR count). The summed E-state index contributed by atoms with van der Waals surface area (Å²) < 4.78 is 42.0. The maximum atomic E-state index is 14.5. The normalized spacial score (nSPS) is 21.9. The highest BCUT2D eigenvalue weighted by Crippen LogP contribution is 2.48. The zero-order chi connectivity index (χ0) is 23.8. The number of aromatic amines is 1. The van der Waals surface area contributed by atoms with Gasteiger partial charge in [0.2, 0.25) is 5.91 Å². The summed E-state index contributed by atoms with van der Waals surface area (Å²) in [5.41, 5.74) is 2.40. The third kappa shape index (κ3) is 4.34. The van der Waals surface area contributed by atoms with E-state index in [0.29, 0.717) is 42.7 Å². The molecule has 1 aliphatic heterocycles. The molecule has 4 N–H and O–H groups in total. The number of rotatable bonds is 6. The standard InChI is InChI=1S/C25H25F3N4O2/c26-17-3-1-14(2-4-17)22-21(19-9-18(27)10-20(28)23(19)32-22)16-7-13(8-16)11-30-25(34)31-12-15-5-6-29-24(15)33/h1-4,9-10,13,15-16,32H,5-8,11-12H2,(H,29,33)(H2,30,31,34). The fourth-order valence-corrected chi connectivity index (χ4v) is 5.00. The molecule has 1 aliphatic carbocycles. The molecule has 2 heterocycles. The molecule has 1 saturated heterocycles. The van der Waals surface area contributed by atoms with E-state index in [9.17, 15) is 22.8 Å². The summed E-state index contributed by atoms with van der Waals surface area (Å²) in [6.07, 6.45) is 2.20. The van der Waals surface area contributed by atoms with E-state index < -0.39 is 11.6 Å². The number of halogens is 3. The number of carbonyl (C=O) groups excluding carboxylic acids is 2. The molecule has 1 atom stereocenters. The van der Waals surface area contributed by atoms with E-state index >= 15 is 0 Å². The zero-order valence-corrected chi connectivity index (χ0v) is 18.4. The number of hydrogen-bond donors (Lipinski definition) is 4. The zero-order valence-electron chi connectivity index (χ0n) is 18.4. The molecule has 6 nitrogen and oxygen atoms in total. The van der Waals surface area contributed by atoms with Crippen LogP contribution in [0.25, 0.3) is 22.2 Å². The molecule has 0 spiro atoms. The lowest BCUT2D eigenvalue weighted by atomic mass is 9.70. The van der Waals surface area contributed by atoms with Crippen molar-refractivity contribution in [2.75, 3.05) is 19.6 Å². The van der Waals surface area contributed by atoms with Gasteiger partial charge in [-0.15, -0.1) is 0 Å². The summed E-state index contributed by atoms with van der Waals surface area (Å²) in [5.74, 6) is -1.66. The molecule has 9 heteroatoms. The highest BCUT2D eigenvalue weighted by Gasteiger charge is 2.35. The maximum Gasteiger partial charge on any atom is 0.314 e. The summed E-state index contributed by atoms with van der Waals surface area (Å²) >= 11 is 0. The smallest absolute Gasteiger partial charge is 0.314 e. The lowest BCUT2D eigenvalue weighted by Crippen LogP contribution is -2.43. The first-order chi connectivity index (χ1) is 16.4. The predicted octanol–water partition coefficient (Wildman–Crippen LogP) is 4.18. The lowest BCUT2D eigenvalue weighted by molar-refractivity contribution is -0.122. The topological polar surface area (TPSA) is 86.0 Å². The third-order valence-corrected chi connectivity index (χ3v) is 6.86. The number of fused-ring (bicyclic) bond motifs is 1. The highest BCUT2D eigenvalue weighted by atomic mass is 19.1. The van der Waals surface area contributed by atoms with Crippen LogP contribution in [0.5, 0.6) is 0 Å². The quantitative estimate of drug-likeness (QED) is 0.436. The van der Waals surface area contributed by atoms with Crippen molar-refractivity contribution in [1.82, 2.24) is 20.9 Å². The van der Waals surface area contributed by atoms with Crippen LogP contribution in [0.4, 0.5) is 18.0 Å². The van der Waals surface area contributed by atoms with Crippen LogP contribution in [0.3, 0.4) is 0 Å². The number of carbonyl (C=O) groups is 2. The summed E-state index contributed by atoms with van der Waals surface area (Å²) in [5, 5.41) is 8.81. The largest absolute Gasteiger partial charge is 0.356 e. The van der Waals surface area contributed by atoms with E-state index in [2.05, 4.69) is 20.9 Å². The predicted molar refractivity (Wildman–Crippen MR) is 122 cm³/mol. The molecule has 34 heavy (non-hydrogen) atoms. The molecule has 2 aromatic carbocycles. The van der Waals surface area contributed by atoms with Crippen molar-refractivity contribution >= 4 is 22.8 Å². The minimum absolute atomic E-state index is 0.0364. The Morgan fingerprint density at radius 3 is 2.44 bits per heavy atom. The lowest BCUT2D eigenvalue weighted by Gasteiger charge is -2.36. The molecule has 2 fully saturated rings. The van der Waals surface area contributed by atoms with Gasteiger partial charge in [0.1, 0.15) is 17.5 Å². The van der Waals surface area contributed by atoms with Crippen molar-refractivity contribution in [3.63, 3.8) is 0 Å². The monoisotopic (exact) mass is 470 g/mol. The van der Waals surface area contributed by atoms with Crippen molar-refractivity contribution in [1.29, 1.82) is 0 Å². The number of benzene rings is 2. The fraction of sp³-hybridized carbons (Fsp3) is 0.360. The van der Waals surface area contributed by atoms with Gasteiger partial charge in [-0.25, -0.2) is 18.0 Å². The molecule has 3 aromatic rings.